The predicted molar refractivity (Wildman–Crippen MR) is 84.8 cm³/mol. The fourth-order valence-electron chi connectivity index (χ4n) is 2.67. The van der Waals surface area contributed by atoms with Crippen molar-refractivity contribution in [3.05, 3.63) is 24.3 Å². The van der Waals surface area contributed by atoms with Crippen LogP contribution < -0.4 is 11.1 Å². The van der Waals surface area contributed by atoms with E-state index in [1.165, 1.54) is 0 Å². The summed E-state index contributed by atoms with van der Waals surface area (Å²) < 4.78 is 24.2. The van der Waals surface area contributed by atoms with Gasteiger partial charge in [-0.15, -0.1) is 0 Å². The lowest BCUT2D eigenvalue weighted by Crippen LogP contribution is -2.22. The topological polar surface area (TPSA) is 89.3 Å². The molecule has 0 unspecified atom stereocenters. The molecule has 2 rings (SSSR count). The van der Waals surface area contributed by atoms with Gasteiger partial charge in [0, 0.05) is 6.42 Å². The van der Waals surface area contributed by atoms with Gasteiger partial charge in [0.15, 0.2) is 9.84 Å². The predicted octanol–water partition coefficient (Wildman–Crippen LogP) is 2.34. The Kier molecular flexibility index (Phi) is 5.22. The number of amides is 1. The third-order valence-electron chi connectivity index (χ3n) is 3.88. The van der Waals surface area contributed by atoms with Gasteiger partial charge in [0.05, 0.1) is 22.4 Å². The van der Waals surface area contributed by atoms with Gasteiger partial charge in [-0.05, 0) is 31.4 Å². The molecule has 0 spiro atoms. The van der Waals surface area contributed by atoms with Crippen LogP contribution in [0.3, 0.4) is 0 Å². The van der Waals surface area contributed by atoms with Crippen molar-refractivity contribution in [2.45, 2.75) is 43.8 Å². The van der Waals surface area contributed by atoms with Crippen LogP contribution in [0.25, 0.3) is 0 Å². The molecular formula is C15H22N2O3S. The van der Waals surface area contributed by atoms with Gasteiger partial charge in [-0.25, -0.2) is 8.42 Å². The molecule has 3 N–H and O–H groups in total. The molecule has 1 fully saturated rings. The van der Waals surface area contributed by atoms with Crippen LogP contribution >= 0.6 is 0 Å². The van der Waals surface area contributed by atoms with Gasteiger partial charge in [-0.3, -0.25) is 4.79 Å². The van der Waals surface area contributed by atoms with Gasteiger partial charge in [0.1, 0.15) is 0 Å². The zero-order valence-electron chi connectivity index (χ0n) is 12.0. The maximum Gasteiger partial charge on any atom is 0.224 e. The summed E-state index contributed by atoms with van der Waals surface area (Å²) in [4.78, 5) is 11.8. The maximum absolute atomic E-state index is 12.1. The molecule has 1 amide bonds. The lowest BCUT2D eigenvalue weighted by molar-refractivity contribution is -0.116. The van der Waals surface area contributed by atoms with Gasteiger partial charge < -0.3 is 11.1 Å². The Morgan fingerprint density at radius 3 is 2.57 bits per heavy atom. The molecule has 6 heteroatoms. The van der Waals surface area contributed by atoms with Crippen LogP contribution in [-0.2, 0) is 14.6 Å². The third-order valence-corrected chi connectivity index (χ3v) is 6.22. The fourth-order valence-corrected chi connectivity index (χ4v) is 4.60. The zero-order chi connectivity index (χ0) is 15.3. The van der Waals surface area contributed by atoms with E-state index in [1.807, 2.05) is 0 Å². The lowest BCUT2D eigenvalue weighted by atomic mass is 10.2. The molecule has 1 aliphatic carbocycles. The van der Waals surface area contributed by atoms with E-state index in [2.05, 4.69) is 5.32 Å². The average Bonchev–Trinajstić information content (AvgIpc) is 2.96. The van der Waals surface area contributed by atoms with Crippen molar-refractivity contribution in [2.24, 2.45) is 0 Å². The number of carbonyl (C=O) groups excluding carboxylic acids is 1. The number of carbonyl (C=O) groups is 1. The minimum absolute atomic E-state index is 0.0926. The van der Waals surface area contributed by atoms with Crippen molar-refractivity contribution in [3.63, 3.8) is 0 Å². The molecule has 0 aromatic heterocycles. The van der Waals surface area contributed by atoms with E-state index in [4.69, 9.17) is 5.73 Å². The van der Waals surface area contributed by atoms with Crippen LogP contribution in [0.5, 0.6) is 0 Å². The Morgan fingerprint density at radius 1 is 1.24 bits per heavy atom. The number of hydrogen-bond donors (Lipinski definition) is 2. The molecule has 0 saturated heterocycles. The molecule has 21 heavy (non-hydrogen) atoms. The van der Waals surface area contributed by atoms with Crippen LogP contribution in [0.4, 0.5) is 11.4 Å². The summed E-state index contributed by atoms with van der Waals surface area (Å²) in [5.41, 5.74) is 6.81. The molecule has 0 heterocycles. The van der Waals surface area contributed by atoms with Gasteiger partial charge in [0.25, 0.3) is 0 Å². The highest BCUT2D eigenvalue weighted by Crippen LogP contribution is 2.25. The highest BCUT2D eigenvalue weighted by Gasteiger charge is 2.28. The highest BCUT2D eigenvalue weighted by atomic mass is 32.2. The summed E-state index contributed by atoms with van der Waals surface area (Å²) in [6, 6.07) is 7.01. The van der Waals surface area contributed by atoms with Gasteiger partial charge in [-0.1, -0.05) is 25.0 Å². The van der Waals surface area contributed by atoms with Crippen molar-refractivity contribution in [1.82, 2.24) is 0 Å². The number of para-hydroxylation sites is 2. The van der Waals surface area contributed by atoms with Gasteiger partial charge in [0.2, 0.25) is 5.91 Å². The lowest BCUT2D eigenvalue weighted by Gasteiger charge is -2.11. The molecule has 1 saturated carbocycles. The minimum Gasteiger partial charge on any atom is -0.397 e. The SMILES string of the molecule is Nc1ccccc1NC(=O)CCCS(=O)(=O)C1CCCC1. The minimum atomic E-state index is -3.04. The molecule has 116 valence electrons. The van der Waals surface area contributed by atoms with Crippen LogP contribution in [0.1, 0.15) is 38.5 Å². The third kappa shape index (κ3) is 4.46. The first-order valence-electron chi connectivity index (χ1n) is 7.35. The Balaban J connectivity index is 1.78. The average molecular weight is 310 g/mol. The Bertz CT molecular complexity index is 593. The first kappa shape index (κ1) is 15.8. The maximum atomic E-state index is 12.1. The van der Waals surface area contributed by atoms with Crippen molar-refractivity contribution < 1.29 is 13.2 Å². The second-order valence-corrected chi connectivity index (χ2v) is 7.91. The van der Waals surface area contributed by atoms with E-state index < -0.39 is 9.84 Å². The number of anilines is 2. The Morgan fingerprint density at radius 2 is 1.90 bits per heavy atom. The summed E-state index contributed by atoms with van der Waals surface area (Å²) in [5, 5.41) is 2.52. The molecule has 0 radical (unpaired) electrons. The molecule has 1 aromatic carbocycles. The number of benzene rings is 1. The summed E-state index contributed by atoms with van der Waals surface area (Å²) in [6.45, 7) is 0. The van der Waals surface area contributed by atoms with E-state index >= 15 is 0 Å². The Labute approximate surface area is 125 Å². The first-order valence-corrected chi connectivity index (χ1v) is 9.06. The highest BCUT2D eigenvalue weighted by molar-refractivity contribution is 7.92. The van der Waals surface area contributed by atoms with E-state index in [1.54, 1.807) is 24.3 Å². The molecule has 1 aromatic rings. The summed E-state index contributed by atoms with van der Waals surface area (Å²) >= 11 is 0. The molecule has 0 bridgehead atoms. The van der Waals surface area contributed by atoms with Crippen LogP contribution in [-0.4, -0.2) is 25.3 Å². The van der Waals surface area contributed by atoms with Crippen LogP contribution in [0, 0.1) is 0 Å². The standard InChI is InChI=1S/C15H22N2O3S/c16-13-8-3-4-9-14(13)17-15(18)10-5-11-21(19,20)12-6-1-2-7-12/h3-4,8-9,12H,1-2,5-7,10-11,16H2,(H,17,18). The number of nitrogens with one attached hydrogen (secondary N) is 1. The molecule has 1 aliphatic rings. The second kappa shape index (κ2) is 6.93. The quantitative estimate of drug-likeness (QED) is 0.789. The van der Waals surface area contributed by atoms with Crippen molar-refractivity contribution in [3.8, 4) is 0 Å². The monoisotopic (exact) mass is 310 g/mol. The summed E-state index contributed by atoms with van der Waals surface area (Å²) in [7, 11) is -3.04. The molecule has 0 atom stereocenters. The van der Waals surface area contributed by atoms with E-state index in [0.717, 1.165) is 25.7 Å². The van der Waals surface area contributed by atoms with Gasteiger partial charge >= 0.3 is 0 Å². The van der Waals surface area contributed by atoms with Crippen molar-refractivity contribution in [2.75, 3.05) is 16.8 Å². The molecular weight excluding hydrogens is 288 g/mol. The zero-order valence-corrected chi connectivity index (χ0v) is 12.9. The summed E-state index contributed by atoms with van der Waals surface area (Å²) in [5.74, 6) is -0.107. The fraction of sp³-hybridized carbons (Fsp3) is 0.533. The number of nitrogens with two attached hydrogens (primary N) is 1. The van der Waals surface area contributed by atoms with E-state index in [-0.39, 0.29) is 23.3 Å². The number of sulfone groups is 1. The van der Waals surface area contributed by atoms with Crippen LogP contribution in [0.2, 0.25) is 0 Å². The number of rotatable bonds is 6. The second-order valence-electron chi connectivity index (χ2n) is 5.51. The van der Waals surface area contributed by atoms with Crippen LogP contribution in [0.15, 0.2) is 24.3 Å². The Hall–Kier alpha value is -1.56. The first-order chi connectivity index (χ1) is 9.99. The van der Waals surface area contributed by atoms with E-state index in [9.17, 15) is 13.2 Å². The van der Waals surface area contributed by atoms with E-state index in [0.29, 0.717) is 17.8 Å². The van der Waals surface area contributed by atoms with Crippen molar-refractivity contribution >= 4 is 27.1 Å². The number of hydrogen-bond acceptors (Lipinski definition) is 4. The normalized spacial score (nSPS) is 16.0. The molecule has 0 aliphatic heterocycles. The summed E-state index contributed by atoms with van der Waals surface area (Å²) in [6.07, 6.45) is 4.09. The largest absolute Gasteiger partial charge is 0.397 e. The molecule has 5 nitrogen and oxygen atoms in total. The van der Waals surface area contributed by atoms with Crippen molar-refractivity contribution in [1.29, 1.82) is 0 Å². The number of nitrogen functional groups attached to an aromatic ring is 1. The smallest absolute Gasteiger partial charge is 0.224 e. The van der Waals surface area contributed by atoms with Gasteiger partial charge in [-0.2, -0.15) is 0 Å².